The molecule has 4 aromatic rings. The van der Waals surface area contributed by atoms with Crippen molar-refractivity contribution < 1.29 is 8.78 Å². The van der Waals surface area contributed by atoms with E-state index in [0.29, 0.717) is 16.9 Å². The predicted octanol–water partition coefficient (Wildman–Crippen LogP) is 4.15. The molecule has 2 heterocycles. The fourth-order valence-corrected chi connectivity index (χ4v) is 2.52. The first-order chi connectivity index (χ1) is 12.1. The molecule has 0 bridgehead atoms. The molecule has 0 saturated heterocycles. The molecule has 25 heavy (non-hydrogen) atoms. The first-order valence-electron chi connectivity index (χ1n) is 7.53. The molecule has 0 spiro atoms. The molecule has 0 aliphatic rings. The van der Waals surface area contributed by atoms with E-state index in [9.17, 15) is 8.78 Å². The van der Waals surface area contributed by atoms with E-state index in [2.05, 4.69) is 31.5 Å². The van der Waals surface area contributed by atoms with Gasteiger partial charge in [-0.15, -0.1) is 0 Å². The molecular weight excluding hydrogens is 324 g/mol. The lowest BCUT2D eigenvalue weighted by Gasteiger charge is -2.10. The summed E-state index contributed by atoms with van der Waals surface area (Å²) < 4.78 is 27.9. The van der Waals surface area contributed by atoms with E-state index in [1.807, 2.05) is 6.92 Å². The molecule has 0 amide bonds. The number of H-pyrrole nitrogens is 1. The maximum Gasteiger partial charge on any atom is 0.162 e. The first-order valence-corrected chi connectivity index (χ1v) is 7.53. The number of aryl methyl sites for hydroxylation is 1. The van der Waals surface area contributed by atoms with Crippen LogP contribution < -0.4 is 5.32 Å². The number of fused-ring (bicyclic) bond motifs is 1. The predicted molar refractivity (Wildman–Crippen MR) is 90.3 cm³/mol. The minimum absolute atomic E-state index is 0.239. The van der Waals surface area contributed by atoms with Crippen molar-refractivity contribution in [3.05, 3.63) is 65.9 Å². The highest BCUT2D eigenvalue weighted by molar-refractivity contribution is 5.92. The monoisotopic (exact) mass is 336 g/mol. The highest BCUT2D eigenvalue weighted by Crippen LogP contribution is 2.29. The number of nitrogens with zero attached hydrogens (tertiary/aromatic N) is 3. The second-order valence-corrected chi connectivity index (χ2v) is 5.51. The van der Waals surface area contributed by atoms with Crippen LogP contribution in [0, 0.1) is 24.6 Å². The van der Waals surface area contributed by atoms with Crippen molar-refractivity contribution in [3.8, 4) is 11.4 Å². The lowest BCUT2D eigenvalue weighted by atomic mass is 10.1. The zero-order valence-electron chi connectivity index (χ0n) is 13.1. The van der Waals surface area contributed by atoms with E-state index < -0.39 is 11.6 Å². The second-order valence-electron chi connectivity index (χ2n) is 5.51. The van der Waals surface area contributed by atoms with Crippen LogP contribution in [0.1, 0.15) is 5.69 Å². The molecular formula is C18H12F2N5. The first kappa shape index (κ1) is 15.2. The summed E-state index contributed by atoms with van der Waals surface area (Å²) in [6.45, 7) is 1.85. The molecule has 0 aliphatic heterocycles. The van der Waals surface area contributed by atoms with Crippen LogP contribution in [0.5, 0.6) is 0 Å². The van der Waals surface area contributed by atoms with Gasteiger partial charge >= 0.3 is 0 Å². The molecule has 0 aliphatic carbocycles. The molecule has 7 heteroatoms. The summed E-state index contributed by atoms with van der Waals surface area (Å²) in [5, 5.41) is 10.1. The van der Waals surface area contributed by atoms with E-state index in [4.69, 9.17) is 0 Å². The highest BCUT2D eigenvalue weighted by Gasteiger charge is 2.14. The Morgan fingerprint density at radius 2 is 2.00 bits per heavy atom. The molecule has 0 fully saturated rings. The Morgan fingerprint density at radius 3 is 2.76 bits per heavy atom. The van der Waals surface area contributed by atoms with Gasteiger partial charge in [-0.2, -0.15) is 5.10 Å². The van der Waals surface area contributed by atoms with Gasteiger partial charge in [-0.25, -0.2) is 18.7 Å². The Balaban J connectivity index is 1.91. The van der Waals surface area contributed by atoms with Gasteiger partial charge in [0.15, 0.2) is 11.6 Å². The van der Waals surface area contributed by atoms with Gasteiger partial charge in [-0.3, -0.25) is 5.10 Å². The number of hydrogen-bond acceptors (Lipinski definition) is 4. The van der Waals surface area contributed by atoms with Crippen LogP contribution in [-0.2, 0) is 0 Å². The number of nitrogens with one attached hydrogen (secondary N) is 2. The van der Waals surface area contributed by atoms with Crippen molar-refractivity contribution in [2.75, 3.05) is 5.32 Å². The van der Waals surface area contributed by atoms with Gasteiger partial charge in [0.05, 0.1) is 10.9 Å². The summed E-state index contributed by atoms with van der Waals surface area (Å²) in [5.41, 5.74) is 1.63. The number of aromatic amines is 1. The molecule has 2 aromatic heterocycles. The van der Waals surface area contributed by atoms with Crippen LogP contribution in [0.15, 0.2) is 42.5 Å². The van der Waals surface area contributed by atoms with Crippen LogP contribution in [0.2, 0.25) is 0 Å². The smallest absolute Gasteiger partial charge is 0.162 e. The van der Waals surface area contributed by atoms with Gasteiger partial charge in [0.1, 0.15) is 17.5 Å². The maximum atomic E-state index is 14.3. The van der Waals surface area contributed by atoms with Crippen LogP contribution in [0.4, 0.5) is 20.4 Å². The Labute approximate surface area is 141 Å². The highest BCUT2D eigenvalue weighted by atomic mass is 19.1. The quantitative estimate of drug-likeness (QED) is 0.590. The fraction of sp³-hybridized carbons (Fsp3) is 0.0556. The van der Waals surface area contributed by atoms with Crippen molar-refractivity contribution in [2.24, 2.45) is 0 Å². The number of aromatic nitrogens is 4. The third-order valence-corrected chi connectivity index (χ3v) is 3.63. The number of anilines is 2. The van der Waals surface area contributed by atoms with Crippen molar-refractivity contribution in [3.63, 3.8) is 0 Å². The molecule has 1 radical (unpaired) electrons. The standard InChI is InChI=1S/C18H12F2N5/c1-10-8-15(25-24-10)22-18-16-13(20)6-3-7-14(16)21-17(23-18)11-4-2-5-12(19)9-11/h2-3,5-9H,1H3,(H2,21,22,23,24,25). The van der Waals surface area contributed by atoms with E-state index >= 15 is 0 Å². The molecule has 2 N–H and O–H groups in total. The van der Waals surface area contributed by atoms with Crippen LogP contribution in [0.25, 0.3) is 22.3 Å². The van der Waals surface area contributed by atoms with Gasteiger partial charge in [-0.1, -0.05) is 12.1 Å². The van der Waals surface area contributed by atoms with Crippen molar-refractivity contribution in [1.82, 2.24) is 20.2 Å². The largest absolute Gasteiger partial charge is 0.323 e. The summed E-state index contributed by atoms with van der Waals surface area (Å²) in [5.74, 6) is 0.112. The minimum Gasteiger partial charge on any atom is -0.323 e. The summed E-state index contributed by atoms with van der Waals surface area (Å²) in [4.78, 5) is 8.70. The summed E-state index contributed by atoms with van der Waals surface area (Å²) in [7, 11) is 0. The Hall–Kier alpha value is -3.35. The maximum absolute atomic E-state index is 14.3. The zero-order valence-corrected chi connectivity index (χ0v) is 13.1. The number of rotatable bonds is 3. The SMILES string of the molecule is Cc1cc(Nc2nc(-c3[c]ccc(F)c3)nc3cccc(F)c23)n[nH]1. The summed E-state index contributed by atoms with van der Waals surface area (Å²) in [6.07, 6.45) is 0. The molecule has 5 nitrogen and oxygen atoms in total. The average Bonchev–Trinajstić information content (AvgIpc) is 2.99. The van der Waals surface area contributed by atoms with E-state index in [-0.39, 0.29) is 17.0 Å². The Kier molecular flexibility index (Phi) is 3.61. The van der Waals surface area contributed by atoms with Crippen molar-refractivity contribution in [2.45, 2.75) is 6.92 Å². The molecule has 123 valence electrons. The topological polar surface area (TPSA) is 66.5 Å². The van der Waals surface area contributed by atoms with Gasteiger partial charge in [0.2, 0.25) is 0 Å². The second kappa shape index (κ2) is 5.94. The van der Waals surface area contributed by atoms with E-state index in [1.54, 1.807) is 18.2 Å². The molecule has 2 aromatic carbocycles. The minimum atomic E-state index is -0.456. The third kappa shape index (κ3) is 2.91. The summed E-state index contributed by atoms with van der Waals surface area (Å²) >= 11 is 0. The molecule has 4 rings (SSSR count). The Bertz CT molecular complexity index is 1070. The summed E-state index contributed by atoms with van der Waals surface area (Å²) in [6, 6.07) is 13.2. The van der Waals surface area contributed by atoms with Crippen molar-refractivity contribution in [1.29, 1.82) is 0 Å². The third-order valence-electron chi connectivity index (χ3n) is 3.63. The van der Waals surface area contributed by atoms with Gasteiger partial charge in [-0.05, 0) is 37.3 Å². The van der Waals surface area contributed by atoms with Crippen LogP contribution >= 0.6 is 0 Å². The van der Waals surface area contributed by atoms with Gasteiger partial charge in [0, 0.05) is 17.3 Å². The molecule has 0 saturated carbocycles. The molecule has 0 atom stereocenters. The van der Waals surface area contributed by atoms with Crippen LogP contribution in [-0.4, -0.2) is 20.2 Å². The lowest BCUT2D eigenvalue weighted by Crippen LogP contribution is -2.01. The normalized spacial score (nSPS) is 11.0. The molecule has 0 unspecified atom stereocenters. The van der Waals surface area contributed by atoms with Gasteiger partial charge < -0.3 is 5.32 Å². The number of halogens is 2. The van der Waals surface area contributed by atoms with Crippen molar-refractivity contribution >= 4 is 22.5 Å². The van der Waals surface area contributed by atoms with Gasteiger partial charge in [0.25, 0.3) is 0 Å². The zero-order chi connectivity index (χ0) is 17.4. The number of hydrogen-bond donors (Lipinski definition) is 2. The van der Waals surface area contributed by atoms with E-state index in [0.717, 1.165) is 5.69 Å². The number of benzene rings is 2. The van der Waals surface area contributed by atoms with E-state index in [1.165, 1.54) is 24.3 Å². The van der Waals surface area contributed by atoms with Crippen LogP contribution in [0.3, 0.4) is 0 Å². The average molecular weight is 336 g/mol. The lowest BCUT2D eigenvalue weighted by molar-refractivity contribution is 0.628. The Morgan fingerprint density at radius 1 is 1.12 bits per heavy atom. The fourth-order valence-electron chi connectivity index (χ4n) is 2.52.